The van der Waals surface area contributed by atoms with Crippen LogP contribution < -0.4 is 4.90 Å². The maximum Gasteiger partial charge on any atom is 0.135 e. The van der Waals surface area contributed by atoms with E-state index in [-0.39, 0.29) is 0 Å². The molecule has 0 N–H and O–H groups in total. The Morgan fingerprint density at radius 3 is 1.69 bits per heavy atom. The van der Waals surface area contributed by atoms with Gasteiger partial charge in [-0.3, -0.25) is 0 Å². The summed E-state index contributed by atoms with van der Waals surface area (Å²) >= 11 is 0. The number of fused-ring (bicyclic) bond motifs is 4. The van der Waals surface area contributed by atoms with Crippen LogP contribution in [0.4, 0.5) is 17.1 Å². The van der Waals surface area contributed by atoms with Gasteiger partial charge in [-0.25, -0.2) is 0 Å². The molecule has 0 radical (unpaired) electrons. The minimum absolute atomic E-state index is 0.380. The number of rotatable bonds is 6. The number of hydrogen-bond acceptors (Lipinski definition) is 2. The number of furan rings is 1. The summed E-state index contributed by atoms with van der Waals surface area (Å²) < 4.78 is 6.25. The predicted octanol–water partition coefficient (Wildman–Crippen LogP) is 14.0. The van der Waals surface area contributed by atoms with Crippen molar-refractivity contribution in [3.05, 3.63) is 163 Å². The van der Waals surface area contributed by atoms with Gasteiger partial charge < -0.3 is 9.32 Å². The zero-order valence-electron chi connectivity index (χ0n) is 29.3. The van der Waals surface area contributed by atoms with E-state index in [0.29, 0.717) is 5.41 Å². The first-order valence-corrected chi connectivity index (χ1v) is 19.2. The molecule has 1 heterocycles. The van der Waals surface area contributed by atoms with Gasteiger partial charge in [-0.1, -0.05) is 109 Å². The highest BCUT2D eigenvalue weighted by Crippen LogP contribution is 2.61. The lowest BCUT2D eigenvalue weighted by Gasteiger charge is -2.57. The molecule has 4 aliphatic carbocycles. The second-order valence-corrected chi connectivity index (χ2v) is 16.0. The fraction of sp³-hybridized carbons (Fsp3) is 0.200. The highest BCUT2D eigenvalue weighted by Gasteiger charge is 2.51. The average molecular weight is 672 g/mol. The van der Waals surface area contributed by atoms with Gasteiger partial charge in [-0.2, -0.15) is 0 Å². The first-order chi connectivity index (χ1) is 25.7. The van der Waals surface area contributed by atoms with Gasteiger partial charge in [-0.15, -0.1) is 0 Å². The molecule has 52 heavy (non-hydrogen) atoms. The van der Waals surface area contributed by atoms with Gasteiger partial charge >= 0.3 is 0 Å². The van der Waals surface area contributed by atoms with E-state index in [1.54, 1.807) is 5.56 Å². The van der Waals surface area contributed by atoms with Crippen molar-refractivity contribution in [2.24, 2.45) is 17.8 Å². The summed E-state index contributed by atoms with van der Waals surface area (Å²) in [5, 5.41) is 4.84. The van der Waals surface area contributed by atoms with E-state index in [1.807, 2.05) is 6.07 Å². The molecule has 0 aliphatic heterocycles. The Labute approximate surface area is 305 Å². The lowest BCUT2D eigenvalue weighted by molar-refractivity contribution is -0.00518. The normalized spacial score (nSPS) is 22.0. The number of hydrogen-bond donors (Lipinski definition) is 0. The summed E-state index contributed by atoms with van der Waals surface area (Å²) in [5.74, 6) is 2.80. The summed E-state index contributed by atoms with van der Waals surface area (Å²) in [4.78, 5) is 2.42. The van der Waals surface area contributed by atoms with Gasteiger partial charge in [0.15, 0.2) is 0 Å². The molecule has 0 saturated heterocycles. The van der Waals surface area contributed by atoms with Gasteiger partial charge in [0.05, 0.1) is 0 Å². The third-order valence-corrected chi connectivity index (χ3v) is 12.8. The molecule has 0 unspecified atom stereocenters. The molecule has 0 spiro atoms. The first-order valence-electron chi connectivity index (χ1n) is 19.2. The molecule has 2 heteroatoms. The first kappa shape index (κ1) is 30.1. The van der Waals surface area contributed by atoms with E-state index in [0.717, 1.165) is 51.1 Å². The van der Waals surface area contributed by atoms with Crippen LogP contribution in [-0.4, -0.2) is 0 Å². The number of benzene rings is 7. The zero-order valence-corrected chi connectivity index (χ0v) is 29.3. The highest BCUT2D eigenvalue weighted by atomic mass is 16.3. The Morgan fingerprint density at radius 2 is 1.02 bits per heavy atom. The van der Waals surface area contributed by atoms with E-state index in [4.69, 9.17) is 4.42 Å². The van der Waals surface area contributed by atoms with Crippen LogP contribution in [0.2, 0.25) is 0 Å². The Morgan fingerprint density at radius 1 is 0.462 bits per heavy atom. The van der Waals surface area contributed by atoms with Crippen molar-refractivity contribution in [3.8, 4) is 22.3 Å². The molecular weight excluding hydrogens is 631 g/mol. The second-order valence-electron chi connectivity index (χ2n) is 16.0. The maximum absolute atomic E-state index is 6.25. The van der Waals surface area contributed by atoms with Crippen molar-refractivity contribution in [2.45, 2.75) is 43.9 Å². The molecule has 252 valence electrons. The van der Waals surface area contributed by atoms with Crippen LogP contribution in [0.25, 0.3) is 55.0 Å². The summed E-state index contributed by atoms with van der Waals surface area (Å²) in [5.41, 5.74) is 12.2. The molecule has 12 rings (SSSR count). The quantitative estimate of drug-likeness (QED) is 0.175. The molecule has 0 amide bonds. The molecule has 4 saturated carbocycles. The summed E-state index contributed by atoms with van der Waals surface area (Å²) in [7, 11) is 0. The lowest BCUT2D eigenvalue weighted by Crippen LogP contribution is -2.48. The maximum atomic E-state index is 6.25. The topological polar surface area (TPSA) is 16.4 Å². The molecule has 4 aliphatic rings. The molecule has 7 aromatic carbocycles. The molecular formula is C50H41NO. The molecule has 4 bridgehead atoms. The fourth-order valence-electron chi connectivity index (χ4n) is 11.0. The third kappa shape index (κ3) is 4.84. The Bertz CT molecular complexity index is 2550. The number of anilines is 3. The Kier molecular flexibility index (Phi) is 6.77. The van der Waals surface area contributed by atoms with Crippen molar-refractivity contribution < 1.29 is 4.42 Å². The molecule has 8 aromatic rings. The fourth-order valence-corrected chi connectivity index (χ4v) is 11.0. The Hall–Kier alpha value is -5.60. The highest BCUT2D eigenvalue weighted by molar-refractivity contribution is 6.07. The van der Waals surface area contributed by atoms with Crippen LogP contribution in [0.1, 0.15) is 44.1 Å². The van der Waals surface area contributed by atoms with E-state index in [1.165, 1.54) is 77.2 Å². The summed E-state index contributed by atoms with van der Waals surface area (Å²) in [6.45, 7) is 0. The van der Waals surface area contributed by atoms with E-state index < -0.39 is 0 Å². The van der Waals surface area contributed by atoms with Crippen LogP contribution >= 0.6 is 0 Å². The van der Waals surface area contributed by atoms with E-state index in [9.17, 15) is 0 Å². The molecule has 4 fully saturated rings. The van der Waals surface area contributed by atoms with Crippen LogP contribution in [0.3, 0.4) is 0 Å². The number of para-hydroxylation sites is 1. The monoisotopic (exact) mass is 671 g/mol. The van der Waals surface area contributed by atoms with Gasteiger partial charge in [0.25, 0.3) is 0 Å². The van der Waals surface area contributed by atoms with E-state index in [2.05, 4.69) is 157 Å². The van der Waals surface area contributed by atoms with Crippen LogP contribution in [-0.2, 0) is 5.41 Å². The van der Waals surface area contributed by atoms with Crippen molar-refractivity contribution in [1.29, 1.82) is 0 Å². The van der Waals surface area contributed by atoms with Gasteiger partial charge in [0.1, 0.15) is 11.2 Å². The van der Waals surface area contributed by atoms with Crippen molar-refractivity contribution >= 4 is 49.8 Å². The standard InChI is InChI=1S/C50H41NO/c1-2-8-36(9-3-1)43-13-6-10-38-11-7-14-44(49(38)43)37-16-20-40(21-17-37)51(42-24-25-48-46(29-42)45-12-4-5-15-47(45)52-48)41-22-18-39(19-23-41)50-30-33-26-34(31-50)28-35(27-33)32-50/h1-25,29,33-35H,26-28,30-32H2. The van der Waals surface area contributed by atoms with Crippen LogP contribution in [0, 0.1) is 17.8 Å². The zero-order chi connectivity index (χ0) is 34.2. The summed E-state index contributed by atoms with van der Waals surface area (Å²) in [6, 6.07) is 58.0. The summed E-state index contributed by atoms with van der Waals surface area (Å²) in [6.07, 6.45) is 8.56. The van der Waals surface area contributed by atoms with Gasteiger partial charge in [0, 0.05) is 27.8 Å². The molecule has 2 nitrogen and oxygen atoms in total. The third-order valence-electron chi connectivity index (χ3n) is 12.8. The van der Waals surface area contributed by atoms with E-state index >= 15 is 0 Å². The largest absolute Gasteiger partial charge is 0.456 e. The lowest BCUT2D eigenvalue weighted by atomic mass is 9.48. The van der Waals surface area contributed by atoms with Gasteiger partial charge in [-0.05, 0) is 149 Å². The average Bonchev–Trinajstić information content (AvgIpc) is 3.56. The van der Waals surface area contributed by atoms with Crippen LogP contribution in [0.15, 0.2) is 162 Å². The van der Waals surface area contributed by atoms with Crippen molar-refractivity contribution in [2.75, 3.05) is 4.90 Å². The minimum atomic E-state index is 0.380. The molecule has 1 aromatic heterocycles. The smallest absolute Gasteiger partial charge is 0.135 e. The Balaban J connectivity index is 1.02. The van der Waals surface area contributed by atoms with Crippen LogP contribution in [0.5, 0.6) is 0 Å². The van der Waals surface area contributed by atoms with Gasteiger partial charge in [0.2, 0.25) is 0 Å². The predicted molar refractivity (Wildman–Crippen MR) is 217 cm³/mol. The van der Waals surface area contributed by atoms with Crippen molar-refractivity contribution in [1.82, 2.24) is 0 Å². The van der Waals surface area contributed by atoms with Crippen molar-refractivity contribution in [3.63, 3.8) is 0 Å². The SMILES string of the molecule is c1ccc(-c2cccc3cccc(-c4ccc(N(c5ccc(C67CC8CC(CC(C8)C6)C7)cc5)c5ccc6oc7ccccc7c6c5)cc4)c23)cc1. The second kappa shape index (κ2) is 11.7. The number of nitrogens with zero attached hydrogens (tertiary/aromatic N) is 1. The molecule has 0 atom stereocenters. The minimum Gasteiger partial charge on any atom is -0.456 e.